The van der Waals surface area contributed by atoms with E-state index < -0.39 is 0 Å². The summed E-state index contributed by atoms with van der Waals surface area (Å²) in [4.78, 5) is 0. The Morgan fingerprint density at radius 2 is 2.38 bits per heavy atom. The molecule has 1 aliphatic heterocycles. The van der Waals surface area contributed by atoms with Gasteiger partial charge in [-0.15, -0.1) is 0 Å². The van der Waals surface area contributed by atoms with Crippen molar-refractivity contribution in [3.8, 4) is 0 Å². The van der Waals surface area contributed by atoms with E-state index in [4.69, 9.17) is 4.74 Å². The molecule has 0 unspecified atom stereocenters. The number of nitrogens with one attached hydrogen (secondary N) is 2. The van der Waals surface area contributed by atoms with E-state index in [1.807, 2.05) is 17.8 Å². The largest absolute Gasteiger partial charge is 0.376 e. The van der Waals surface area contributed by atoms with Crippen LogP contribution in [0.2, 0.25) is 0 Å². The Balaban J connectivity index is 1.59. The summed E-state index contributed by atoms with van der Waals surface area (Å²) in [5.41, 5.74) is 0. The van der Waals surface area contributed by atoms with Crippen LogP contribution >= 0.6 is 0 Å². The van der Waals surface area contributed by atoms with Crippen LogP contribution in [0.1, 0.15) is 12.8 Å². The summed E-state index contributed by atoms with van der Waals surface area (Å²) in [6.07, 6.45) is 4.49. The van der Waals surface area contributed by atoms with Crippen LogP contribution in [-0.2, 0) is 11.8 Å². The number of hydrogen-bond acceptors (Lipinski definition) is 4. The Labute approximate surface area is 96.2 Å². The average molecular weight is 224 g/mol. The van der Waals surface area contributed by atoms with E-state index >= 15 is 0 Å². The first-order valence-electron chi connectivity index (χ1n) is 5.90. The van der Waals surface area contributed by atoms with Gasteiger partial charge in [0.1, 0.15) is 5.82 Å². The summed E-state index contributed by atoms with van der Waals surface area (Å²) in [5, 5.41) is 10.7. The molecule has 0 atom stereocenters. The van der Waals surface area contributed by atoms with Crippen LogP contribution in [0.3, 0.4) is 0 Å². The molecule has 0 aliphatic carbocycles. The molecule has 16 heavy (non-hydrogen) atoms. The summed E-state index contributed by atoms with van der Waals surface area (Å²) < 4.78 is 7.61. The van der Waals surface area contributed by atoms with Crippen LogP contribution in [-0.4, -0.2) is 42.1 Å². The Morgan fingerprint density at radius 1 is 1.56 bits per heavy atom. The molecule has 90 valence electrons. The highest BCUT2D eigenvalue weighted by atomic mass is 16.5. The van der Waals surface area contributed by atoms with Crippen molar-refractivity contribution >= 4 is 5.82 Å². The molecule has 2 rings (SSSR count). The molecule has 2 heterocycles. The Bertz CT molecular complexity index is 307. The molecular formula is C11H20N4O. The van der Waals surface area contributed by atoms with E-state index in [1.54, 1.807) is 6.20 Å². The number of hydrogen-bond donors (Lipinski definition) is 2. The predicted octanol–water partition coefficient (Wildman–Crippen LogP) is 0.601. The Morgan fingerprint density at radius 3 is 3.06 bits per heavy atom. The quantitative estimate of drug-likeness (QED) is 0.719. The lowest BCUT2D eigenvalue weighted by molar-refractivity contribution is 0.0394. The molecule has 0 bridgehead atoms. The highest BCUT2D eigenvalue weighted by molar-refractivity contribution is 5.33. The van der Waals surface area contributed by atoms with E-state index in [0.717, 1.165) is 44.9 Å². The zero-order valence-corrected chi connectivity index (χ0v) is 9.78. The molecule has 0 amide bonds. The summed E-state index contributed by atoms with van der Waals surface area (Å²) in [5.74, 6) is 1.04. The second-order valence-corrected chi connectivity index (χ2v) is 4.09. The summed E-state index contributed by atoms with van der Waals surface area (Å²) in [6.45, 7) is 3.76. The summed E-state index contributed by atoms with van der Waals surface area (Å²) in [6, 6.07) is 1.96. The van der Waals surface area contributed by atoms with Crippen LogP contribution in [0.15, 0.2) is 12.3 Å². The molecule has 0 aromatic carbocycles. The van der Waals surface area contributed by atoms with Gasteiger partial charge >= 0.3 is 0 Å². The number of anilines is 1. The van der Waals surface area contributed by atoms with Gasteiger partial charge in [-0.05, 0) is 25.9 Å². The van der Waals surface area contributed by atoms with Gasteiger partial charge < -0.3 is 15.4 Å². The molecule has 0 spiro atoms. The lowest BCUT2D eigenvalue weighted by atomic mass is 10.1. The molecule has 1 aromatic rings. The maximum absolute atomic E-state index is 5.79. The molecule has 5 nitrogen and oxygen atoms in total. The van der Waals surface area contributed by atoms with Crippen molar-refractivity contribution in [1.29, 1.82) is 0 Å². The van der Waals surface area contributed by atoms with Crippen molar-refractivity contribution in [3.05, 3.63) is 12.3 Å². The minimum atomic E-state index is 0.439. The van der Waals surface area contributed by atoms with Gasteiger partial charge in [0.15, 0.2) is 0 Å². The van der Waals surface area contributed by atoms with Crippen LogP contribution in [0, 0.1) is 0 Å². The summed E-state index contributed by atoms with van der Waals surface area (Å²) in [7, 11) is 1.93. The fraction of sp³-hybridized carbons (Fsp3) is 0.727. The maximum atomic E-state index is 5.79. The van der Waals surface area contributed by atoms with Crippen molar-refractivity contribution in [2.45, 2.75) is 18.9 Å². The Hall–Kier alpha value is -1.07. The van der Waals surface area contributed by atoms with Crippen molar-refractivity contribution in [2.75, 3.05) is 31.6 Å². The number of aromatic nitrogens is 2. The van der Waals surface area contributed by atoms with Gasteiger partial charge in [-0.3, -0.25) is 4.68 Å². The first-order chi connectivity index (χ1) is 7.86. The molecule has 1 aromatic heterocycles. The van der Waals surface area contributed by atoms with Gasteiger partial charge in [0.2, 0.25) is 0 Å². The molecular weight excluding hydrogens is 204 g/mol. The van der Waals surface area contributed by atoms with Crippen molar-refractivity contribution in [3.63, 3.8) is 0 Å². The summed E-state index contributed by atoms with van der Waals surface area (Å²) >= 11 is 0. The monoisotopic (exact) mass is 224 g/mol. The third-order valence-electron chi connectivity index (χ3n) is 2.87. The molecule has 1 saturated heterocycles. The molecule has 2 N–H and O–H groups in total. The minimum absolute atomic E-state index is 0.439. The first-order valence-corrected chi connectivity index (χ1v) is 5.90. The predicted molar refractivity (Wildman–Crippen MR) is 63.5 cm³/mol. The van der Waals surface area contributed by atoms with E-state index in [2.05, 4.69) is 15.7 Å². The number of rotatable bonds is 5. The minimum Gasteiger partial charge on any atom is -0.376 e. The molecule has 1 aliphatic rings. The van der Waals surface area contributed by atoms with Gasteiger partial charge in [-0.2, -0.15) is 5.10 Å². The van der Waals surface area contributed by atoms with Crippen molar-refractivity contribution in [2.24, 2.45) is 7.05 Å². The molecule has 5 heteroatoms. The number of ether oxygens (including phenoxy) is 1. The normalized spacial score (nSPS) is 17.6. The molecule has 0 saturated carbocycles. The number of piperidine rings is 1. The topological polar surface area (TPSA) is 51.1 Å². The zero-order valence-electron chi connectivity index (χ0n) is 9.78. The smallest absolute Gasteiger partial charge is 0.123 e. The fourth-order valence-electron chi connectivity index (χ4n) is 1.91. The highest BCUT2D eigenvalue weighted by Crippen LogP contribution is 2.07. The molecule has 1 fully saturated rings. The lowest BCUT2D eigenvalue weighted by Gasteiger charge is -2.23. The van der Waals surface area contributed by atoms with E-state index in [0.29, 0.717) is 6.10 Å². The third kappa shape index (κ3) is 3.21. The SMILES string of the molecule is Cn1nccc1NCCOC1CCNCC1. The van der Waals surface area contributed by atoms with Crippen molar-refractivity contribution < 1.29 is 4.74 Å². The van der Waals surface area contributed by atoms with Gasteiger partial charge in [0.25, 0.3) is 0 Å². The van der Waals surface area contributed by atoms with E-state index in [-0.39, 0.29) is 0 Å². The van der Waals surface area contributed by atoms with Gasteiger partial charge in [0.05, 0.1) is 18.9 Å². The zero-order chi connectivity index (χ0) is 11.2. The standard InChI is InChI=1S/C11H20N4O/c1-15-11(4-7-14-15)13-8-9-16-10-2-5-12-6-3-10/h4,7,10,12-13H,2-3,5-6,8-9H2,1H3. The van der Waals surface area contributed by atoms with Crippen molar-refractivity contribution in [1.82, 2.24) is 15.1 Å². The molecule has 0 radical (unpaired) electrons. The second kappa shape index (κ2) is 5.86. The maximum Gasteiger partial charge on any atom is 0.123 e. The third-order valence-corrected chi connectivity index (χ3v) is 2.87. The first kappa shape index (κ1) is 11.4. The highest BCUT2D eigenvalue weighted by Gasteiger charge is 2.12. The number of nitrogens with zero attached hydrogens (tertiary/aromatic N) is 2. The van der Waals surface area contributed by atoms with Crippen LogP contribution < -0.4 is 10.6 Å². The van der Waals surface area contributed by atoms with Gasteiger partial charge in [0, 0.05) is 19.7 Å². The lowest BCUT2D eigenvalue weighted by Crippen LogP contribution is -2.33. The van der Waals surface area contributed by atoms with Crippen LogP contribution in [0.25, 0.3) is 0 Å². The van der Waals surface area contributed by atoms with E-state index in [1.165, 1.54) is 0 Å². The average Bonchev–Trinajstić information content (AvgIpc) is 2.72. The fourth-order valence-corrected chi connectivity index (χ4v) is 1.91. The van der Waals surface area contributed by atoms with E-state index in [9.17, 15) is 0 Å². The van der Waals surface area contributed by atoms with Crippen LogP contribution in [0.4, 0.5) is 5.82 Å². The Kier molecular flexibility index (Phi) is 4.18. The van der Waals surface area contributed by atoms with Gasteiger partial charge in [-0.1, -0.05) is 0 Å². The second-order valence-electron chi connectivity index (χ2n) is 4.09. The van der Waals surface area contributed by atoms with Gasteiger partial charge in [-0.25, -0.2) is 0 Å². The number of aryl methyl sites for hydroxylation is 1. The van der Waals surface area contributed by atoms with Crippen LogP contribution in [0.5, 0.6) is 0 Å².